The maximum absolute atomic E-state index is 14.1. The van der Waals surface area contributed by atoms with E-state index >= 15 is 0 Å². The zero-order chi connectivity index (χ0) is 13.7. The summed E-state index contributed by atoms with van der Waals surface area (Å²) >= 11 is 3.46. The standard InChI is InChI=1S/C15H22BrFN2/c1-2-3-4-15(19-9-7-18-8-10-19)13-11-12(16)5-6-14(13)17/h5-6,11,15,18H,2-4,7-10H2,1H3/t15-/m0/s1. The van der Waals surface area contributed by atoms with Crippen molar-refractivity contribution in [1.29, 1.82) is 0 Å². The summed E-state index contributed by atoms with van der Waals surface area (Å²) in [5.74, 6) is -0.0807. The highest BCUT2D eigenvalue weighted by Gasteiger charge is 2.24. The average molecular weight is 329 g/mol. The molecule has 1 aliphatic rings. The Balaban J connectivity index is 2.22. The molecule has 4 heteroatoms. The zero-order valence-electron chi connectivity index (χ0n) is 11.5. The first-order chi connectivity index (χ1) is 9.22. The largest absolute Gasteiger partial charge is 0.314 e. The number of nitrogens with zero attached hydrogens (tertiary/aromatic N) is 1. The molecule has 106 valence electrons. The molecule has 2 nitrogen and oxygen atoms in total. The van der Waals surface area contributed by atoms with E-state index in [9.17, 15) is 4.39 Å². The van der Waals surface area contributed by atoms with E-state index in [1.807, 2.05) is 6.07 Å². The molecule has 0 saturated carbocycles. The van der Waals surface area contributed by atoms with Crippen molar-refractivity contribution in [3.05, 3.63) is 34.1 Å². The van der Waals surface area contributed by atoms with Gasteiger partial charge in [0.25, 0.3) is 0 Å². The molecule has 19 heavy (non-hydrogen) atoms. The smallest absolute Gasteiger partial charge is 0.128 e. The number of halogens is 2. The van der Waals surface area contributed by atoms with E-state index < -0.39 is 0 Å². The van der Waals surface area contributed by atoms with Crippen molar-refractivity contribution in [2.75, 3.05) is 26.2 Å². The summed E-state index contributed by atoms with van der Waals surface area (Å²) in [5, 5.41) is 3.36. The summed E-state index contributed by atoms with van der Waals surface area (Å²) in [7, 11) is 0. The van der Waals surface area contributed by atoms with Crippen molar-refractivity contribution in [1.82, 2.24) is 10.2 Å². The number of nitrogens with one attached hydrogen (secondary N) is 1. The van der Waals surface area contributed by atoms with Crippen LogP contribution in [0.15, 0.2) is 22.7 Å². The summed E-state index contributed by atoms with van der Waals surface area (Å²) < 4.78 is 15.1. The molecule has 1 N–H and O–H groups in total. The molecule has 1 saturated heterocycles. The summed E-state index contributed by atoms with van der Waals surface area (Å²) in [6, 6.07) is 5.49. The predicted octanol–water partition coefficient (Wildman–Crippen LogP) is 3.72. The third kappa shape index (κ3) is 4.01. The first-order valence-electron chi connectivity index (χ1n) is 7.12. The molecule has 1 aliphatic heterocycles. The van der Waals surface area contributed by atoms with Crippen LogP contribution in [0.4, 0.5) is 4.39 Å². The minimum absolute atomic E-state index is 0.0807. The first-order valence-corrected chi connectivity index (χ1v) is 7.91. The summed E-state index contributed by atoms with van der Waals surface area (Å²) in [4.78, 5) is 2.41. The molecular weight excluding hydrogens is 307 g/mol. The average Bonchev–Trinajstić information content (AvgIpc) is 2.44. The van der Waals surface area contributed by atoms with E-state index in [-0.39, 0.29) is 11.9 Å². The predicted molar refractivity (Wildman–Crippen MR) is 80.8 cm³/mol. The van der Waals surface area contributed by atoms with Gasteiger partial charge in [0.1, 0.15) is 5.82 Å². The molecule has 0 amide bonds. The Labute approximate surface area is 123 Å². The van der Waals surface area contributed by atoms with Crippen LogP contribution in [-0.2, 0) is 0 Å². The van der Waals surface area contributed by atoms with E-state index in [2.05, 4.69) is 33.1 Å². The monoisotopic (exact) mass is 328 g/mol. The van der Waals surface area contributed by atoms with Crippen LogP contribution in [0.1, 0.15) is 37.8 Å². The van der Waals surface area contributed by atoms with Crippen molar-refractivity contribution >= 4 is 15.9 Å². The van der Waals surface area contributed by atoms with E-state index in [0.717, 1.165) is 55.5 Å². The Kier molecular flexibility index (Phi) is 5.79. The van der Waals surface area contributed by atoms with Gasteiger partial charge < -0.3 is 5.32 Å². The topological polar surface area (TPSA) is 15.3 Å². The molecule has 1 heterocycles. The van der Waals surface area contributed by atoms with Crippen molar-refractivity contribution in [2.45, 2.75) is 32.2 Å². The first kappa shape index (κ1) is 14.9. The summed E-state index contributed by atoms with van der Waals surface area (Å²) in [6.07, 6.45) is 3.32. The normalized spacial score (nSPS) is 18.5. The van der Waals surface area contributed by atoms with Gasteiger partial charge in [-0.1, -0.05) is 35.7 Å². The molecule has 1 aromatic rings. The molecule has 0 spiro atoms. The van der Waals surface area contributed by atoms with Crippen LogP contribution in [0.3, 0.4) is 0 Å². The number of hydrogen-bond acceptors (Lipinski definition) is 2. The van der Waals surface area contributed by atoms with Crippen molar-refractivity contribution in [3.63, 3.8) is 0 Å². The number of benzene rings is 1. The Hall–Kier alpha value is -0.450. The van der Waals surface area contributed by atoms with Gasteiger partial charge in [-0.2, -0.15) is 0 Å². The third-order valence-corrected chi connectivity index (χ3v) is 4.23. The SMILES string of the molecule is CCCC[C@@H](c1cc(Br)ccc1F)N1CCNCC1. The van der Waals surface area contributed by atoms with Crippen molar-refractivity contribution in [2.24, 2.45) is 0 Å². The van der Waals surface area contributed by atoms with Crippen LogP contribution in [0.25, 0.3) is 0 Å². The Morgan fingerprint density at radius 2 is 2.11 bits per heavy atom. The highest BCUT2D eigenvalue weighted by Crippen LogP contribution is 2.30. The molecule has 0 unspecified atom stereocenters. The molecule has 0 bridgehead atoms. The lowest BCUT2D eigenvalue weighted by Crippen LogP contribution is -2.45. The molecule has 0 aliphatic carbocycles. The minimum Gasteiger partial charge on any atom is -0.314 e. The van der Waals surface area contributed by atoms with Crippen LogP contribution in [0.2, 0.25) is 0 Å². The number of rotatable bonds is 5. The number of hydrogen-bond donors (Lipinski definition) is 1. The zero-order valence-corrected chi connectivity index (χ0v) is 13.0. The Morgan fingerprint density at radius 1 is 1.37 bits per heavy atom. The Bertz CT molecular complexity index is 405. The third-order valence-electron chi connectivity index (χ3n) is 3.74. The second-order valence-electron chi connectivity index (χ2n) is 5.11. The highest BCUT2D eigenvalue weighted by molar-refractivity contribution is 9.10. The Morgan fingerprint density at radius 3 is 2.79 bits per heavy atom. The van der Waals surface area contributed by atoms with Gasteiger partial charge >= 0.3 is 0 Å². The second-order valence-corrected chi connectivity index (χ2v) is 6.03. The van der Waals surface area contributed by atoms with E-state index in [1.54, 1.807) is 12.1 Å². The lowest BCUT2D eigenvalue weighted by atomic mass is 9.98. The van der Waals surface area contributed by atoms with Gasteiger partial charge in [-0.15, -0.1) is 0 Å². The molecule has 1 atom stereocenters. The van der Waals surface area contributed by atoms with E-state index in [1.165, 1.54) is 0 Å². The minimum atomic E-state index is -0.0807. The van der Waals surface area contributed by atoms with Crippen LogP contribution in [-0.4, -0.2) is 31.1 Å². The van der Waals surface area contributed by atoms with Gasteiger partial charge in [0, 0.05) is 42.3 Å². The lowest BCUT2D eigenvalue weighted by molar-refractivity contribution is 0.160. The van der Waals surface area contributed by atoms with Gasteiger partial charge in [-0.25, -0.2) is 4.39 Å². The van der Waals surface area contributed by atoms with Gasteiger partial charge in [-0.05, 0) is 24.6 Å². The van der Waals surface area contributed by atoms with Gasteiger partial charge in [0.05, 0.1) is 0 Å². The summed E-state index contributed by atoms with van der Waals surface area (Å²) in [5.41, 5.74) is 0.838. The van der Waals surface area contributed by atoms with Gasteiger partial charge in [0.15, 0.2) is 0 Å². The van der Waals surface area contributed by atoms with Crippen LogP contribution in [0.5, 0.6) is 0 Å². The highest BCUT2D eigenvalue weighted by atomic mass is 79.9. The van der Waals surface area contributed by atoms with Crippen molar-refractivity contribution in [3.8, 4) is 0 Å². The maximum atomic E-state index is 14.1. The molecule has 0 radical (unpaired) electrons. The van der Waals surface area contributed by atoms with E-state index in [0.29, 0.717) is 0 Å². The van der Waals surface area contributed by atoms with Crippen LogP contribution in [0, 0.1) is 5.82 Å². The summed E-state index contributed by atoms with van der Waals surface area (Å²) in [6.45, 7) is 6.18. The number of piperazine rings is 1. The van der Waals surface area contributed by atoms with E-state index in [4.69, 9.17) is 0 Å². The molecule has 0 aromatic heterocycles. The van der Waals surface area contributed by atoms with Gasteiger partial charge in [0.2, 0.25) is 0 Å². The fourth-order valence-electron chi connectivity index (χ4n) is 2.70. The quantitative estimate of drug-likeness (QED) is 0.886. The van der Waals surface area contributed by atoms with Gasteiger partial charge in [-0.3, -0.25) is 4.90 Å². The fraction of sp³-hybridized carbons (Fsp3) is 0.600. The lowest BCUT2D eigenvalue weighted by Gasteiger charge is -2.35. The fourth-order valence-corrected chi connectivity index (χ4v) is 3.07. The molecule has 1 aromatic carbocycles. The molecule has 1 fully saturated rings. The van der Waals surface area contributed by atoms with Crippen LogP contribution >= 0.6 is 15.9 Å². The second kappa shape index (κ2) is 7.36. The molecule has 2 rings (SSSR count). The molecular formula is C15H22BrFN2. The number of unbranched alkanes of at least 4 members (excludes halogenated alkanes) is 1. The maximum Gasteiger partial charge on any atom is 0.128 e. The van der Waals surface area contributed by atoms with Crippen molar-refractivity contribution < 1.29 is 4.39 Å². The van der Waals surface area contributed by atoms with Crippen LogP contribution < -0.4 is 5.32 Å².